The molecule has 0 saturated carbocycles. The number of morpholine rings is 1. The summed E-state index contributed by atoms with van der Waals surface area (Å²) >= 11 is 6.38. The molecule has 0 aliphatic carbocycles. The van der Waals surface area contributed by atoms with Crippen LogP contribution in [-0.2, 0) is 11.3 Å². The number of hydrogen-bond acceptors (Lipinski definition) is 4. The highest BCUT2D eigenvalue weighted by atomic mass is 35.5. The summed E-state index contributed by atoms with van der Waals surface area (Å²) in [6.07, 6.45) is 0.500. The SMILES string of the molecule is COc1ccc2cc(CN3C[C@@H](C)O[C@@H](C)C3)c(Cl)nc2c1. The molecular weight excluding hydrogens is 300 g/mol. The number of benzene rings is 1. The predicted molar refractivity (Wildman–Crippen MR) is 88.6 cm³/mol. The van der Waals surface area contributed by atoms with Gasteiger partial charge in [-0.25, -0.2) is 4.98 Å². The van der Waals surface area contributed by atoms with Gasteiger partial charge in [-0.15, -0.1) is 0 Å². The van der Waals surface area contributed by atoms with E-state index < -0.39 is 0 Å². The molecule has 0 amide bonds. The van der Waals surface area contributed by atoms with Crippen molar-refractivity contribution < 1.29 is 9.47 Å². The zero-order chi connectivity index (χ0) is 15.7. The first-order valence-electron chi connectivity index (χ1n) is 7.56. The Morgan fingerprint density at radius 2 is 2.00 bits per heavy atom. The van der Waals surface area contributed by atoms with Gasteiger partial charge in [-0.05, 0) is 32.0 Å². The second-order valence-electron chi connectivity index (χ2n) is 5.95. The third kappa shape index (κ3) is 3.35. The molecule has 4 nitrogen and oxygen atoms in total. The number of halogens is 1. The minimum absolute atomic E-state index is 0.250. The number of aromatic nitrogens is 1. The number of ether oxygens (including phenoxy) is 2. The van der Waals surface area contributed by atoms with Crippen LogP contribution in [0.1, 0.15) is 19.4 Å². The third-order valence-electron chi connectivity index (χ3n) is 3.94. The van der Waals surface area contributed by atoms with Crippen molar-refractivity contribution >= 4 is 22.5 Å². The van der Waals surface area contributed by atoms with Crippen LogP contribution in [0.5, 0.6) is 5.75 Å². The second kappa shape index (κ2) is 6.41. The van der Waals surface area contributed by atoms with E-state index in [1.165, 1.54) is 0 Å². The van der Waals surface area contributed by atoms with E-state index in [0.29, 0.717) is 5.15 Å². The fraction of sp³-hybridized carbons (Fsp3) is 0.471. The number of fused-ring (bicyclic) bond motifs is 1. The minimum Gasteiger partial charge on any atom is -0.497 e. The Morgan fingerprint density at radius 3 is 2.68 bits per heavy atom. The van der Waals surface area contributed by atoms with Gasteiger partial charge in [-0.3, -0.25) is 4.90 Å². The van der Waals surface area contributed by atoms with E-state index >= 15 is 0 Å². The zero-order valence-electron chi connectivity index (χ0n) is 13.2. The molecule has 0 spiro atoms. The molecule has 0 bridgehead atoms. The fourth-order valence-corrected chi connectivity index (χ4v) is 3.26. The molecule has 2 aromatic rings. The Morgan fingerprint density at radius 1 is 1.27 bits per heavy atom. The molecular formula is C17H21ClN2O2. The molecule has 0 N–H and O–H groups in total. The molecule has 1 aromatic carbocycles. The van der Waals surface area contributed by atoms with E-state index in [9.17, 15) is 0 Å². The average molecular weight is 321 g/mol. The minimum atomic E-state index is 0.250. The van der Waals surface area contributed by atoms with E-state index in [-0.39, 0.29) is 12.2 Å². The monoisotopic (exact) mass is 320 g/mol. The highest BCUT2D eigenvalue weighted by molar-refractivity contribution is 6.30. The molecule has 5 heteroatoms. The standard InChI is InChI=1S/C17H21ClN2O2/c1-11-8-20(9-12(2)22-11)10-14-6-13-4-5-15(21-3)7-16(13)19-17(14)18/h4-7,11-12H,8-10H2,1-3H3/t11-,12+. The van der Waals surface area contributed by atoms with Gasteiger partial charge in [-0.2, -0.15) is 0 Å². The lowest BCUT2D eigenvalue weighted by molar-refractivity contribution is -0.0704. The molecule has 1 fully saturated rings. The Labute approximate surface area is 136 Å². The summed E-state index contributed by atoms with van der Waals surface area (Å²) in [6.45, 7) is 6.85. The maximum atomic E-state index is 6.38. The normalized spacial score (nSPS) is 22.9. The van der Waals surface area contributed by atoms with Crippen LogP contribution in [-0.4, -0.2) is 42.3 Å². The first-order chi connectivity index (χ1) is 10.5. The lowest BCUT2D eigenvalue weighted by Crippen LogP contribution is -2.44. The lowest BCUT2D eigenvalue weighted by Gasteiger charge is -2.35. The lowest BCUT2D eigenvalue weighted by atomic mass is 10.1. The quantitative estimate of drug-likeness (QED) is 0.811. The summed E-state index contributed by atoms with van der Waals surface area (Å²) < 4.78 is 11.0. The summed E-state index contributed by atoms with van der Waals surface area (Å²) in [7, 11) is 1.65. The van der Waals surface area contributed by atoms with E-state index in [4.69, 9.17) is 21.1 Å². The highest BCUT2D eigenvalue weighted by Gasteiger charge is 2.23. The zero-order valence-corrected chi connectivity index (χ0v) is 13.9. The van der Waals surface area contributed by atoms with Crippen molar-refractivity contribution in [2.75, 3.05) is 20.2 Å². The molecule has 1 aliphatic rings. The Bertz CT molecular complexity index is 667. The van der Waals surface area contributed by atoms with Crippen molar-refractivity contribution in [2.45, 2.75) is 32.6 Å². The maximum absolute atomic E-state index is 6.38. The molecule has 1 aromatic heterocycles. The predicted octanol–water partition coefficient (Wildman–Crippen LogP) is 3.51. The second-order valence-corrected chi connectivity index (χ2v) is 6.31. The van der Waals surface area contributed by atoms with Crippen molar-refractivity contribution in [2.24, 2.45) is 0 Å². The van der Waals surface area contributed by atoms with Crippen LogP contribution in [0.2, 0.25) is 5.15 Å². The molecule has 2 heterocycles. The summed E-state index contributed by atoms with van der Waals surface area (Å²) in [5, 5.41) is 1.64. The van der Waals surface area contributed by atoms with Crippen molar-refractivity contribution in [3.8, 4) is 5.75 Å². The van der Waals surface area contributed by atoms with Gasteiger partial charge in [0, 0.05) is 36.7 Å². The largest absolute Gasteiger partial charge is 0.497 e. The number of pyridine rings is 1. The topological polar surface area (TPSA) is 34.6 Å². The first-order valence-corrected chi connectivity index (χ1v) is 7.94. The number of nitrogens with zero attached hydrogens (tertiary/aromatic N) is 2. The Balaban J connectivity index is 1.86. The maximum Gasteiger partial charge on any atom is 0.134 e. The Kier molecular flexibility index (Phi) is 4.52. The van der Waals surface area contributed by atoms with Gasteiger partial charge in [0.2, 0.25) is 0 Å². The molecule has 2 atom stereocenters. The number of methoxy groups -OCH3 is 1. The van der Waals surface area contributed by atoms with E-state index in [1.54, 1.807) is 7.11 Å². The van der Waals surface area contributed by atoms with Gasteiger partial charge in [0.25, 0.3) is 0 Å². The van der Waals surface area contributed by atoms with Gasteiger partial charge >= 0.3 is 0 Å². The van der Waals surface area contributed by atoms with Crippen LogP contribution in [0.4, 0.5) is 0 Å². The van der Waals surface area contributed by atoms with Crippen molar-refractivity contribution in [3.05, 3.63) is 35.0 Å². The van der Waals surface area contributed by atoms with Gasteiger partial charge in [0.05, 0.1) is 24.8 Å². The van der Waals surface area contributed by atoms with Gasteiger partial charge in [-0.1, -0.05) is 11.6 Å². The Hall–Kier alpha value is -1.36. The third-order valence-corrected chi connectivity index (χ3v) is 4.27. The summed E-state index contributed by atoms with van der Waals surface area (Å²) in [6, 6.07) is 7.99. The van der Waals surface area contributed by atoms with E-state index in [0.717, 1.165) is 41.9 Å². The van der Waals surface area contributed by atoms with Gasteiger partial charge in [0.1, 0.15) is 10.9 Å². The van der Waals surface area contributed by atoms with Crippen LogP contribution in [0.25, 0.3) is 10.9 Å². The number of hydrogen-bond donors (Lipinski definition) is 0. The molecule has 1 aliphatic heterocycles. The van der Waals surface area contributed by atoms with Gasteiger partial charge < -0.3 is 9.47 Å². The highest BCUT2D eigenvalue weighted by Crippen LogP contribution is 2.26. The molecule has 118 valence electrons. The molecule has 3 rings (SSSR count). The van der Waals surface area contributed by atoms with Crippen LogP contribution in [0.15, 0.2) is 24.3 Å². The smallest absolute Gasteiger partial charge is 0.134 e. The molecule has 0 unspecified atom stereocenters. The van der Waals surface area contributed by atoms with Crippen molar-refractivity contribution in [1.82, 2.24) is 9.88 Å². The van der Waals surface area contributed by atoms with Crippen LogP contribution in [0.3, 0.4) is 0 Å². The van der Waals surface area contributed by atoms with Crippen molar-refractivity contribution in [1.29, 1.82) is 0 Å². The fourth-order valence-electron chi connectivity index (χ4n) is 3.06. The molecule has 0 radical (unpaired) electrons. The van der Waals surface area contributed by atoms with Gasteiger partial charge in [0.15, 0.2) is 0 Å². The van der Waals surface area contributed by atoms with E-state index in [1.807, 2.05) is 18.2 Å². The summed E-state index contributed by atoms with van der Waals surface area (Å²) in [5.74, 6) is 0.791. The number of rotatable bonds is 3. The van der Waals surface area contributed by atoms with E-state index in [2.05, 4.69) is 29.8 Å². The average Bonchev–Trinajstić information content (AvgIpc) is 2.46. The molecule has 1 saturated heterocycles. The molecule has 22 heavy (non-hydrogen) atoms. The van der Waals surface area contributed by atoms with Crippen LogP contribution >= 0.6 is 11.6 Å². The van der Waals surface area contributed by atoms with Crippen LogP contribution in [0, 0.1) is 0 Å². The van der Waals surface area contributed by atoms with Crippen molar-refractivity contribution in [3.63, 3.8) is 0 Å². The summed E-state index contributed by atoms with van der Waals surface area (Å²) in [4.78, 5) is 6.89. The summed E-state index contributed by atoms with van der Waals surface area (Å²) in [5.41, 5.74) is 1.91. The first kappa shape index (κ1) is 15.5. The van der Waals surface area contributed by atoms with Crippen LogP contribution < -0.4 is 4.74 Å².